The first-order chi connectivity index (χ1) is 19.9. The number of benzene rings is 3. The Morgan fingerprint density at radius 1 is 0.951 bits per heavy atom. The van der Waals surface area contributed by atoms with E-state index in [-0.39, 0.29) is 24.8 Å². The van der Waals surface area contributed by atoms with Gasteiger partial charge in [-0.2, -0.15) is 0 Å². The minimum Gasteiger partial charge on any atom is -0.493 e. The van der Waals surface area contributed by atoms with Gasteiger partial charge in [0.25, 0.3) is 11.8 Å². The van der Waals surface area contributed by atoms with Gasteiger partial charge in [-0.05, 0) is 60.0 Å². The number of hydrazine groups is 1. The van der Waals surface area contributed by atoms with Crippen LogP contribution in [0.4, 0.5) is 0 Å². The quantitative estimate of drug-likeness (QED) is 0.187. The molecular weight excluding hydrogens is 562 g/mol. The van der Waals surface area contributed by atoms with Gasteiger partial charge in [0.15, 0.2) is 11.5 Å². The Bertz CT molecular complexity index is 1440. The number of nitrogens with one attached hydrogen (secondary N) is 2. The van der Waals surface area contributed by atoms with E-state index in [0.29, 0.717) is 45.1 Å². The van der Waals surface area contributed by atoms with Crippen LogP contribution >= 0.6 is 24.0 Å². The van der Waals surface area contributed by atoms with Crippen LogP contribution in [0.15, 0.2) is 77.7 Å². The van der Waals surface area contributed by atoms with Crippen LogP contribution < -0.4 is 25.1 Å². The van der Waals surface area contributed by atoms with Crippen LogP contribution in [0.1, 0.15) is 34.3 Å². The highest BCUT2D eigenvalue weighted by Gasteiger charge is 2.31. The highest BCUT2D eigenvalue weighted by atomic mass is 32.2. The third kappa shape index (κ3) is 8.09. The van der Waals surface area contributed by atoms with Crippen molar-refractivity contribution in [2.24, 2.45) is 0 Å². The van der Waals surface area contributed by atoms with Gasteiger partial charge in [0.1, 0.15) is 16.7 Å². The monoisotopic (exact) mass is 591 g/mol. The summed E-state index contributed by atoms with van der Waals surface area (Å²) in [6.45, 7) is 0.699. The lowest BCUT2D eigenvalue weighted by atomic mass is 10.2. The molecular formula is C30H29N3O6S2. The fraction of sp³-hybridized carbons (Fsp3) is 0.200. The van der Waals surface area contributed by atoms with E-state index in [1.807, 2.05) is 36.4 Å². The molecule has 0 unspecified atom stereocenters. The summed E-state index contributed by atoms with van der Waals surface area (Å²) in [7, 11) is 3.10. The maximum atomic E-state index is 12.9. The summed E-state index contributed by atoms with van der Waals surface area (Å²) in [6.07, 6.45) is 2.20. The molecule has 1 heterocycles. The van der Waals surface area contributed by atoms with Crippen LogP contribution in [-0.2, 0) is 16.2 Å². The minimum atomic E-state index is -0.454. The molecule has 1 aliphatic rings. The van der Waals surface area contributed by atoms with E-state index in [1.54, 1.807) is 56.7 Å². The maximum Gasteiger partial charge on any atom is 0.269 e. The molecule has 1 aliphatic heterocycles. The van der Waals surface area contributed by atoms with E-state index in [4.69, 9.17) is 26.4 Å². The molecule has 1 saturated heterocycles. The summed E-state index contributed by atoms with van der Waals surface area (Å²) < 4.78 is 16.7. The van der Waals surface area contributed by atoms with E-state index in [2.05, 4.69) is 10.9 Å². The predicted molar refractivity (Wildman–Crippen MR) is 161 cm³/mol. The largest absolute Gasteiger partial charge is 0.493 e. The zero-order valence-electron chi connectivity index (χ0n) is 22.5. The molecule has 0 saturated carbocycles. The lowest BCUT2D eigenvalue weighted by Gasteiger charge is -2.14. The zero-order valence-corrected chi connectivity index (χ0v) is 24.2. The number of thioether (sulfide) groups is 1. The van der Waals surface area contributed by atoms with Gasteiger partial charge >= 0.3 is 0 Å². The van der Waals surface area contributed by atoms with Crippen LogP contribution in [0.2, 0.25) is 0 Å². The second kappa shape index (κ2) is 14.3. The first kappa shape index (κ1) is 29.6. The topological polar surface area (TPSA) is 106 Å². The average molecular weight is 592 g/mol. The van der Waals surface area contributed by atoms with Crippen molar-refractivity contribution in [2.45, 2.75) is 19.4 Å². The summed E-state index contributed by atoms with van der Waals surface area (Å²) in [5.74, 6) is 0.717. The van der Waals surface area contributed by atoms with E-state index >= 15 is 0 Å². The number of nitrogens with zero attached hydrogens (tertiary/aromatic N) is 1. The maximum absolute atomic E-state index is 12.9. The summed E-state index contributed by atoms with van der Waals surface area (Å²) in [5.41, 5.74) is 7.00. The smallest absolute Gasteiger partial charge is 0.269 e. The Kier molecular flexibility index (Phi) is 10.4. The van der Waals surface area contributed by atoms with Crippen LogP contribution in [-0.4, -0.2) is 47.7 Å². The third-order valence-electron chi connectivity index (χ3n) is 6.04. The van der Waals surface area contributed by atoms with Crippen LogP contribution in [0.25, 0.3) is 6.08 Å². The fourth-order valence-corrected chi connectivity index (χ4v) is 5.20. The highest BCUT2D eigenvalue weighted by Crippen LogP contribution is 2.34. The van der Waals surface area contributed by atoms with Crippen LogP contribution in [0.5, 0.6) is 17.2 Å². The van der Waals surface area contributed by atoms with Crippen molar-refractivity contribution in [3.05, 3.63) is 94.4 Å². The number of carbonyl (C=O) groups is 3. The molecule has 3 amide bonds. The number of amides is 3. The molecule has 212 valence electrons. The molecule has 4 rings (SSSR count). The number of thiocarbonyl (C=S) groups is 1. The molecule has 11 heteroatoms. The molecule has 0 spiro atoms. The van der Waals surface area contributed by atoms with Crippen LogP contribution in [0, 0.1) is 0 Å². The van der Waals surface area contributed by atoms with Crippen LogP contribution in [0.3, 0.4) is 0 Å². The number of methoxy groups -OCH3 is 2. The first-order valence-electron chi connectivity index (χ1n) is 12.7. The first-order valence-corrected chi connectivity index (χ1v) is 13.9. The Balaban J connectivity index is 1.20. The Hall–Kier alpha value is -4.35. The van der Waals surface area contributed by atoms with Gasteiger partial charge < -0.3 is 14.2 Å². The molecule has 3 aromatic rings. The van der Waals surface area contributed by atoms with Crippen molar-refractivity contribution >= 4 is 52.1 Å². The lowest BCUT2D eigenvalue weighted by molar-refractivity contribution is -0.124. The second-order valence-corrected chi connectivity index (χ2v) is 10.5. The van der Waals surface area contributed by atoms with E-state index in [0.717, 1.165) is 11.1 Å². The molecule has 0 aliphatic carbocycles. The van der Waals surface area contributed by atoms with Gasteiger partial charge in [0.05, 0.1) is 19.1 Å². The standard InChI is InChI=1S/C30H29N3O6S2/c1-37-24-15-10-21(17-25(24)38-2)18-26-29(36)33(30(40)41-26)16-6-9-27(34)31-32-28(35)22-11-13-23(14-12-22)39-19-20-7-4-3-5-8-20/h3-5,7-8,10-15,17-18H,6,9,16,19H2,1-2H3,(H,31,34)(H,32,35)/b26-18-. The molecule has 41 heavy (non-hydrogen) atoms. The van der Waals surface area contributed by atoms with Crippen molar-refractivity contribution < 1.29 is 28.6 Å². The zero-order chi connectivity index (χ0) is 29.2. The van der Waals surface area contributed by atoms with Crippen molar-refractivity contribution in [2.75, 3.05) is 20.8 Å². The summed E-state index contributed by atoms with van der Waals surface area (Å²) in [4.78, 5) is 39.6. The number of ether oxygens (including phenoxy) is 3. The number of hydrogen-bond acceptors (Lipinski definition) is 8. The minimum absolute atomic E-state index is 0.0956. The summed E-state index contributed by atoms with van der Waals surface area (Å²) in [6, 6.07) is 21.7. The normalized spacial score (nSPS) is 13.7. The Labute approximate surface area is 247 Å². The predicted octanol–water partition coefficient (Wildman–Crippen LogP) is 4.73. The lowest BCUT2D eigenvalue weighted by Crippen LogP contribution is -2.41. The van der Waals surface area contributed by atoms with Crippen molar-refractivity contribution in [1.82, 2.24) is 15.8 Å². The van der Waals surface area contributed by atoms with Gasteiger partial charge in [0, 0.05) is 18.5 Å². The number of hydrogen-bond donors (Lipinski definition) is 2. The molecule has 3 aromatic carbocycles. The average Bonchev–Trinajstić information content (AvgIpc) is 3.26. The molecule has 0 radical (unpaired) electrons. The summed E-state index contributed by atoms with van der Waals surface area (Å²) >= 11 is 6.59. The SMILES string of the molecule is COc1ccc(/C=C2\SC(=S)N(CCCC(=O)NNC(=O)c3ccc(OCc4ccccc4)cc3)C2=O)cc1OC. The third-order valence-corrected chi connectivity index (χ3v) is 7.42. The second-order valence-electron chi connectivity index (χ2n) is 8.85. The summed E-state index contributed by atoms with van der Waals surface area (Å²) in [5, 5.41) is 0. The van der Waals surface area contributed by atoms with Gasteiger partial charge in [-0.3, -0.25) is 30.1 Å². The van der Waals surface area contributed by atoms with Crippen molar-refractivity contribution in [1.29, 1.82) is 0 Å². The van der Waals surface area contributed by atoms with Gasteiger partial charge in [-0.25, -0.2) is 0 Å². The number of rotatable bonds is 11. The molecule has 0 bridgehead atoms. The van der Waals surface area contributed by atoms with Gasteiger partial charge in [-0.15, -0.1) is 0 Å². The molecule has 1 fully saturated rings. The molecule has 0 atom stereocenters. The van der Waals surface area contributed by atoms with E-state index in [9.17, 15) is 14.4 Å². The number of carbonyl (C=O) groups excluding carboxylic acids is 3. The van der Waals surface area contributed by atoms with E-state index < -0.39 is 5.91 Å². The molecule has 2 N–H and O–H groups in total. The van der Waals surface area contributed by atoms with Gasteiger partial charge in [0.2, 0.25) is 5.91 Å². The van der Waals surface area contributed by atoms with E-state index in [1.165, 1.54) is 16.7 Å². The van der Waals surface area contributed by atoms with Gasteiger partial charge in [-0.1, -0.05) is 60.4 Å². The fourth-order valence-electron chi connectivity index (χ4n) is 3.89. The van der Waals surface area contributed by atoms with Crippen molar-refractivity contribution in [3.8, 4) is 17.2 Å². The Morgan fingerprint density at radius 3 is 2.39 bits per heavy atom. The molecule has 9 nitrogen and oxygen atoms in total. The highest BCUT2D eigenvalue weighted by molar-refractivity contribution is 8.26. The molecule has 0 aromatic heterocycles. The Morgan fingerprint density at radius 2 is 1.68 bits per heavy atom. The van der Waals surface area contributed by atoms with Crippen molar-refractivity contribution in [3.63, 3.8) is 0 Å².